The summed E-state index contributed by atoms with van der Waals surface area (Å²) in [4.78, 5) is 28.4. The molecule has 1 N–H and O–H groups in total. The van der Waals surface area contributed by atoms with Crippen LogP contribution in [0.2, 0.25) is 5.02 Å². The Morgan fingerprint density at radius 1 is 1.08 bits per heavy atom. The normalized spacial score (nSPS) is 17.4. The molecule has 4 rings (SSSR count). The third-order valence-electron chi connectivity index (χ3n) is 6.12. The van der Waals surface area contributed by atoms with Crippen LogP contribution in [0.5, 0.6) is 0 Å². The number of carbonyl (C=O) groups is 2. The number of amides is 2. The number of nitriles is 1. The fourth-order valence-corrected chi connectivity index (χ4v) is 5.57. The standard InChI is InChI=1S/C29H26ClN3O2S/c1-3-20-13-15-23(16-14-20)33-28(35)26(17-22-11-7-8-12-25(22)30)36-29(33)24(18-31)27(34)32-19(2)21-9-5-4-6-10-21/h4-16,19,26H,3,17H2,1-2H3,(H,32,34)/b29-24-. The minimum atomic E-state index is -0.520. The number of hydrogen-bond acceptors (Lipinski definition) is 4. The number of thioether (sulfide) groups is 1. The van der Waals surface area contributed by atoms with Gasteiger partial charge in [0.15, 0.2) is 0 Å². The molecule has 36 heavy (non-hydrogen) atoms. The summed E-state index contributed by atoms with van der Waals surface area (Å²) >= 11 is 7.60. The molecular weight excluding hydrogens is 490 g/mol. The maximum Gasteiger partial charge on any atom is 0.265 e. The Morgan fingerprint density at radius 3 is 2.39 bits per heavy atom. The lowest BCUT2D eigenvalue weighted by atomic mass is 10.1. The molecule has 1 aliphatic rings. The number of rotatable bonds is 7. The van der Waals surface area contributed by atoms with Crippen molar-refractivity contribution in [3.63, 3.8) is 0 Å². The van der Waals surface area contributed by atoms with Gasteiger partial charge in [-0.05, 0) is 54.7 Å². The van der Waals surface area contributed by atoms with Crippen molar-refractivity contribution in [2.45, 2.75) is 38.0 Å². The van der Waals surface area contributed by atoms with Gasteiger partial charge in [-0.25, -0.2) is 0 Å². The first-order valence-electron chi connectivity index (χ1n) is 11.8. The number of anilines is 1. The summed E-state index contributed by atoms with van der Waals surface area (Å²) in [5, 5.41) is 13.4. The number of aryl methyl sites for hydroxylation is 1. The zero-order valence-electron chi connectivity index (χ0n) is 20.1. The van der Waals surface area contributed by atoms with Crippen molar-refractivity contribution in [3.8, 4) is 6.07 Å². The molecule has 2 unspecified atom stereocenters. The third-order valence-corrected chi connectivity index (χ3v) is 7.75. The van der Waals surface area contributed by atoms with Gasteiger partial charge in [0, 0.05) is 10.7 Å². The molecule has 7 heteroatoms. The molecule has 1 saturated heterocycles. The first kappa shape index (κ1) is 25.6. The topological polar surface area (TPSA) is 73.2 Å². The molecule has 0 aromatic heterocycles. The van der Waals surface area contributed by atoms with Crippen LogP contribution in [-0.4, -0.2) is 17.1 Å². The zero-order valence-corrected chi connectivity index (χ0v) is 21.6. The van der Waals surface area contributed by atoms with Crippen molar-refractivity contribution in [2.75, 3.05) is 4.90 Å². The molecule has 0 saturated carbocycles. The Bertz CT molecular complexity index is 1330. The molecule has 3 aromatic rings. The molecule has 1 heterocycles. The van der Waals surface area contributed by atoms with Gasteiger partial charge in [0.1, 0.15) is 16.7 Å². The largest absolute Gasteiger partial charge is 0.345 e. The van der Waals surface area contributed by atoms with Gasteiger partial charge in [0.2, 0.25) is 5.91 Å². The highest BCUT2D eigenvalue weighted by atomic mass is 35.5. The summed E-state index contributed by atoms with van der Waals surface area (Å²) in [5.74, 6) is -0.700. The fourth-order valence-electron chi connectivity index (χ4n) is 4.06. The summed E-state index contributed by atoms with van der Waals surface area (Å²) in [6.45, 7) is 3.92. The van der Waals surface area contributed by atoms with Crippen LogP contribution < -0.4 is 10.2 Å². The Morgan fingerprint density at radius 2 is 1.75 bits per heavy atom. The van der Waals surface area contributed by atoms with E-state index in [1.165, 1.54) is 16.7 Å². The van der Waals surface area contributed by atoms with E-state index in [2.05, 4.69) is 18.3 Å². The summed E-state index contributed by atoms with van der Waals surface area (Å²) < 4.78 is 0. The molecule has 0 aliphatic carbocycles. The molecule has 1 aliphatic heterocycles. The minimum absolute atomic E-state index is 0.0858. The predicted molar refractivity (Wildman–Crippen MR) is 145 cm³/mol. The second-order valence-electron chi connectivity index (χ2n) is 8.49. The van der Waals surface area contributed by atoms with Crippen LogP contribution >= 0.6 is 23.4 Å². The molecule has 182 valence electrons. The second-order valence-corrected chi connectivity index (χ2v) is 10.1. The van der Waals surface area contributed by atoms with Crippen molar-refractivity contribution in [1.29, 1.82) is 5.26 Å². The van der Waals surface area contributed by atoms with Crippen molar-refractivity contribution in [2.24, 2.45) is 0 Å². The Hall–Kier alpha value is -3.53. The van der Waals surface area contributed by atoms with Crippen molar-refractivity contribution < 1.29 is 9.59 Å². The Balaban J connectivity index is 1.71. The SMILES string of the molecule is CCc1ccc(N2C(=O)C(Cc3ccccc3Cl)S/C2=C(/C#N)C(=O)NC(C)c2ccccc2)cc1. The number of nitrogens with one attached hydrogen (secondary N) is 1. The van der Waals surface area contributed by atoms with E-state index in [0.29, 0.717) is 22.2 Å². The highest BCUT2D eigenvalue weighted by Crippen LogP contribution is 2.42. The van der Waals surface area contributed by atoms with E-state index in [4.69, 9.17) is 11.6 Å². The lowest BCUT2D eigenvalue weighted by Gasteiger charge is -2.20. The van der Waals surface area contributed by atoms with E-state index < -0.39 is 11.2 Å². The molecule has 1 fully saturated rings. The van der Waals surface area contributed by atoms with Crippen molar-refractivity contribution in [1.82, 2.24) is 5.32 Å². The van der Waals surface area contributed by atoms with E-state index in [1.807, 2.05) is 79.7 Å². The minimum Gasteiger partial charge on any atom is -0.345 e. The number of benzene rings is 3. The van der Waals surface area contributed by atoms with Gasteiger partial charge in [-0.2, -0.15) is 5.26 Å². The fraction of sp³-hybridized carbons (Fsp3) is 0.207. The summed E-state index contributed by atoms with van der Waals surface area (Å²) in [6, 6.07) is 26.3. The van der Waals surface area contributed by atoms with Gasteiger partial charge in [-0.1, -0.05) is 91.0 Å². The quantitative estimate of drug-likeness (QED) is 0.300. The molecule has 2 amide bonds. The average molecular weight is 516 g/mol. The molecular formula is C29H26ClN3O2S. The summed E-state index contributed by atoms with van der Waals surface area (Å²) in [6.07, 6.45) is 1.25. The smallest absolute Gasteiger partial charge is 0.265 e. The first-order chi connectivity index (χ1) is 17.4. The number of halogens is 1. The van der Waals surface area contributed by atoms with Gasteiger partial charge in [0.05, 0.1) is 11.3 Å². The molecule has 5 nitrogen and oxygen atoms in total. The van der Waals surface area contributed by atoms with Crippen LogP contribution in [0, 0.1) is 11.3 Å². The van der Waals surface area contributed by atoms with E-state index >= 15 is 0 Å². The highest BCUT2D eigenvalue weighted by molar-refractivity contribution is 8.05. The Kier molecular flexibility index (Phi) is 8.14. The number of hydrogen-bond donors (Lipinski definition) is 1. The molecule has 2 atom stereocenters. The van der Waals surface area contributed by atoms with Crippen LogP contribution in [-0.2, 0) is 22.4 Å². The molecule has 3 aromatic carbocycles. The molecule has 0 spiro atoms. The highest BCUT2D eigenvalue weighted by Gasteiger charge is 2.41. The summed E-state index contributed by atoms with van der Waals surface area (Å²) in [7, 11) is 0. The van der Waals surface area contributed by atoms with E-state index in [0.717, 1.165) is 23.1 Å². The monoisotopic (exact) mass is 515 g/mol. The zero-order chi connectivity index (χ0) is 25.7. The molecule has 0 radical (unpaired) electrons. The second kappa shape index (κ2) is 11.5. The van der Waals surface area contributed by atoms with E-state index in [-0.39, 0.29) is 17.5 Å². The molecule has 0 bridgehead atoms. The van der Waals surface area contributed by atoms with Crippen LogP contribution in [0.15, 0.2) is 89.5 Å². The lowest BCUT2D eigenvalue weighted by Crippen LogP contribution is -2.33. The van der Waals surface area contributed by atoms with Crippen LogP contribution in [0.25, 0.3) is 0 Å². The van der Waals surface area contributed by atoms with Crippen LogP contribution in [0.1, 0.15) is 36.6 Å². The Labute approximate surface area is 220 Å². The van der Waals surface area contributed by atoms with Gasteiger partial charge < -0.3 is 5.32 Å². The van der Waals surface area contributed by atoms with Crippen LogP contribution in [0.3, 0.4) is 0 Å². The maximum atomic E-state index is 13.7. The van der Waals surface area contributed by atoms with Gasteiger partial charge in [-0.15, -0.1) is 0 Å². The van der Waals surface area contributed by atoms with Gasteiger partial charge in [-0.3, -0.25) is 14.5 Å². The summed E-state index contributed by atoms with van der Waals surface area (Å²) in [5.41, 5.74) is 3.43. The van der Waals surface area contributed by atoms with Crippen LogP contribution in [0.4, 0.5) is 5.69 Å². The van der Waals surface area contributed by atoms with Gasteiger partial charge >= 0.3 is 0 Å². The third kappa shape index (κ3) is 5.48. The lowest BCUT2D eigenvalue weighted by molar-refractivity contribution is -0.117. The average Bonchev–Trinajstić information content (AvgIpc) is 3.21. The predicted octanol–water partition coefficient (Wildman–Crippen LogP) is 6.21. The first-order valence-corrected chi connectivity index (χ1v) is 13.0. The van der Waals surface area contributed by atoms with Crippen molar-refractivity contribution in [3.05, 3.63) is 111 Å². The van der Waals surface area contributed by atoms with E-state index in [9.17, 15) is 14.9 Å². The maximum absolute atomic E-state index is 13.7. The number of nitrogens with zero attached hydrogens (tertiary/aromatic N) is 2. The van der Waals surface area contributed by atoms with E-state index in [1.54, 1.807) is 6.07 Å². The number of carbonyl (C=O) groups excluding carboxylic acids is 2. The van der Waals surface area contributed by atoms with Crippen molar-refractivity contribution >= 4 is 40.9 Å². The van der Waals surface area contributed by atoms with Gasteiger partial charge in [0.25, 0.3) is 5.91 Å².